The molecule has 0 saturated carbocycles. The molecule has 5 aromatic rings. The molecule has 0 aliphatic heterocycles. The maximum atomic E-state index is 11.1. The molecule has 2 aromatic heterocycles. The van der Waals surface area contributed by atoms with Crippen LogP contribution < -0.4 is 0 Å². The highest BCUT2D eigenvalue weighted by Gasteiger charge is 2.17. The number of fused-ring (bicyclic) bond motifs is 4. The summed E-state index contributed by atoms with van der Waals surface area (Å²) in [4.78, 5) is 8.76. The first kappa shape index (κ1) is 16.5. The van der Waals surface area contributed by atoms with Crippen LogP contribution in [0.5, 0.6) is 0 Å². The molecule has 5 rings (SSSR count). The van der Waals surface area contributed by atoms with Crippen molar-refractivity contribution in [2.45, 2.75) is 4.90 Å². The van der Waals surface area contributed by atoms with Crippen LogP contribution in [0.2, 0.25) is 0 Å². The molecule has 138 valence electrons. The second-order valence-electron chi connectivity index (χ2n) is 5.94. The van der Waals surface area contributed by atoms with Crippen LogP contribution in [0, 0.1) is 0 Å². The molecule has 10 nitrogen and oxygen atoms in total. The van der Waals surface area contributed by atoms with Crippen LogP contribution in [0.25, 0.3) is 33.1 Å². The maximum absolute atomic E-state index is 11.1. The molecule has 0 unspecified atom stereocenters. The molecule has 28 heavy (non-hydrogen) atoms. The predicted octanol–water partition coefficient (Wildman–Crippen LogP) is 3.91. The van der Waals surface area contributed by atoms with Gasteiger partial charge >= 0.3 is 0 Å². The lowest BCUT2D eigenvalue weighted by Crippen LogP contribution is -1.96. The van der Waals surface area contributed by atoms with Crippen molar-refractivity contribution in [2.24, 2.45) is 10.2 Å². The monoisotopic (exact) mass is 394 g/mol. The van der Waals surface area contributed by atoms with Gasteiger partial charge in [-0.1, -0.05) is 24.3 Å². The lowest BCUT2D eigenvalue weighted by Gasteiger charge is -1.97. The zero-order chi connectivity index (χ0) is 19.3. The summed E-state index contributed by atoms with van der Waals surface area (Å²) in [5, 5.41) is 16.5. The topological polar surface area (TPSA) is 147 Å². The van der Waals surface area contributed by atoms with Crippen LogP contribution in [-0.4, -0.2) is 33.3 Å². The first-order valence-electron chi connectivity index (χ1n) is 8.02. The summed E-state index contributed by atoms with van der Waals surface area (Å²) in [6, 6.07) is 12.9. The third kappa shape index (κ3) is 2.61. The highest BCUT2D eigenvalue weighted by Crippen LogP contribution is 2.39. The zero-order valence-electron chi connectivity index (χ0n) is 13.9. The van der Waals surface area contributed by atoms with E-state index in [1.165, 1.54) is 24.3 Å². The van der Waals surface area contributed by atoms with Gasteiger partial charge in [0.2, 0.25) is 11.3 Å². The van der Waals surface area contributed by atoms with Crippen LogP contribution >= 0.6 is 0 Å². The van der Waals surface area contributed by atoms with Gasteiger partial charge in [0, 0.05) is 10.8 Å². The number of azo groups is 1. The number of hydrogen-bond donors (Lipinski definition) is 2. The van der Waals surface area contributed by atoms with E-state index in [0.29, 0.717) is 33.7 Å². The third-order valence-electron chi connectivity index (χ3n) is 4.21. The van der Waals surface area contributed by atoms with Gasteiger partial charge in [-0.3, -0.25) is 9.18 Å². The molecular weight excluding hydrogens is 384 g/mol. The summed E-state index contributed by atoms with van der Waals surface area (Å²) in [6.45, 7) is 0. The lowest BCUT2D eigenvalue weighted by atomic mass is 10.2. The van der Waals surface area contributed by atoms with E-state index in [1.54, 1.807) is 0 Å². The summed E-state index contributed by atoms with van der Waals surface area (Å²) < 4.78 is 36.1. The van der Waals surface area contributed by atoms with Crippen LogP contribution in [0.15, 0.2) is 68.3 Å². The molecule has 0 aliphatic rings. The van der Waals surface area contributed by atoms with Crippen molar-refractivity contribution >= 4 is 54.6 Å². The lowest BCUT2D eigenvalue weighted by molar-refractivity contribution is 0.314. The summed E-state index contributed by atoms with van der Waals surface area (Å²) in [7, 11) is -4.26. The first-order chi connectivity index (χ1) is 13.5. The quantitative estimate of drug-likeness (QED) is 0.348. The molecule has 3 aromatic carbocycles. The molecule has 0 aliphatic carbocycles. The molecule has 0 atom stereocenters. The van der Waals surface area contributed by atoms with Crippen molar-refractivity contribution in [3.8, 4) is 0 Å². The minimum absolute atomic E-state index is 0.216. The fourth-order valence-electron chi connectivity index (χ4n) is 2.94. The van der Waals surface area contributed by atoms with Crippen LogP contribution in [0.3, 0.4) is 0 Å². The standard InChI is InChI=1S/C17H10N6O4S/c24-28(25,26)10-7-5-9(6-8-10)20-21-14-12-4-2-1-3-11(12)13-15(14)19-17-16(18-13)22-27-23-17/h1-8H,(H,19,23)(H,24,25,26). The number of nitrogens with zero attached hydrogens (tertiary/aromatic N) is 5. The number of H-pyrrole nitrogens is 1. The molecule has 2 N–H and O–H groups in total. The van der Waals surface area contributed by atoms with E-state index < -0.39 is 10.1 Å². The first-order valence-corrected chi connectivity index (χ1v) is 9.46. The van der Waals surface area contributed by atoms with E-state index in [4.69, 9.17) is 9.18 Å². The van der Waals surface area contributed by atoms with Gasteiger partial charge in [0.15, 0.2) is 0 Å². The van der Waals surface area contributed by atoms with Gasteiger partial charge < -0.3 is 0 Å². The molecule has 0 amide bonds. The van der Waals surface area contributed by atoms with Gasteiger partial charge in [0.1, 0.15) is 16.7 Å². The Morgan fingerprint density at radius 1 is 0.929 bits per heavy atom. The minimum Gasteiger partial charge on any atom is -0.282 e. The Hall–Kier alpha value is -3.70. The van der Waals surface area contributed by atoms with Crippen molar-refractivity contribution < 1.29 is 17.6 Å². The molecule has 0 saturated heterocycles. The van der Waals surface area contributed by atoms with Crippen molar-refractivity contribution in [1.29, 1.82) is 0 Å². The number of nitrogens with one attached hydrogen (secondary N) is 1. The average Bonchev–Trinajstić information content (AvgIpc) is 3.26. The van der Waals surface area contributed by atoms with Crippen molar-refractivity contribution in [3.63, 3.8) is 0 Å². The Morgan fingerprint density at radius 3 is 2.43 bits per heavy atom. The third-order valence-corrected chi connectivity index (χ3v) is 5.08. The fraction of sp³-hybridized carbons (Fsp3) is 0. The Balaban J connectivity index is 1.67. The van der Waals surface area contributed by atoms with Crippen molar-refractivity contribution in [3.05, 3.63) is 48.5 Å². The van der Waals surface area contributed by atoms with Crippen LogP contribution in [0.4, 0.5) is 11.4 Å². The van der Waals surface area contributed by atoms with Gasteiger partial charge in [-0.25, -0.2) is 9.97 Å². The fourth-order valence-corrected chi connectivity index (χ4v) is 3.42. The van der Waals surface area contributed by atoms with E-state index >= 15 is 0 Å². The van der Waals surface area contributed by atoms with Gasteiger partial charge in [-0.15, -0.1) is 5.11 Å². The SMILES string of the molecule is O=S(=O)(O)c1ccc(N=Nc2c3ccccc3c3nc4no[nH]c4nc23)cc1. The van der Waals surface area contributed by atoms with Crippen molar-refractivity contribution in [1.82, 2.24) is 20.3 Å². The van der Waals surface area contributed by atoms with E-state index in [1.807, 2.05) is 24.3 Å². The molecule has 0 bridgehead atoms. The molecule has 11 heteroatoms. The van der Waals surface area contributed by atoms with E-state index in [2.05, 4.69) is 30.5 Å². The minimum atomic E-state index is -4.26. The predicted molar refractivity (Wildman–Crippen MR) is 99.4 cm³/mol. The highest BCUT2D eigenvalue weighted by molar-refractivity contribution is 7.85. The van der Waals surface area contributed by atoms with E-state index in [-0.39, 0.29) is 4.90 Å². The molecule has 0 radical (unpaired) electrons. The maximum Gasteiger partial charge on any atom is 0.294 e. The van der Waals surface area contributed by atoms with E-state index in [0.717, 1.165) is 10.8 Å². The molecule has 0 spiro atoms. The van der Waals surface area contributed by atoms with Gasteiger partial charge in [0.05, 0.1) is 10.6 Å². The smallest absolute Gasteiger partial charge is 0.282 e. The summed E-state index contributed by atoms with van der Waals surface area (Å²) >= 11 is 0. The average molecular weight is 394 g/mol. The second kappa shape index (κ2) is 5.90. The second-order valence-corrected chi connectivity index (χ2v) is 7.36. The molecule has 2 heterocycles. The largest absolute Gasteiger partial charge is 0.294 e. The Morgan fingerprint density at radius 2 is 1.68 bits per heavy atom. The highest BCUT2D eigenvalue weighted by atomic mass is 32.2. The molecule has 0 fully saturated rings. The Bertz CT molecular complexity index is 1490. The Kier molecular flexibility index (Phi) is 3.47. The number of benzene rings is 2. The van der Waals surface area contributed by atoms with Crippen LogP contribution in [0.1, 0.15) is 0 Å². The van der Waals surface area contributed by atoms with Crippen molar-refractivity contribution in [2.75, 3.05) is 0 Å². The van der Waals surface area contributed by atoms with Gasteiger partial charge in [-0.05, 0) is 29.4 Å². The number of aromatic amines is 1. The number of hydrogen-bond acceptors (Lipinski definition) is 8. The normalized spacial score (nSPS) is 12.6. The molecular formula is C17H10N6O4S. The zero-order valence-corrected chi connectivity index (χ0v) is 14.8. The summed E-state index contributed by atoms with van der Waals surface area (Å²) in [5.41, 5.74) is 2.83. The summed E-state index contributed by atoms with van der Waals surface area (Å²) in [6.07, 6.45) is 0. The number of rotatable bonds is 3. The van der Waals surface area contributed by atoms with Gasteiger partial charge in [0.25, 0.3) is 10.1 Å². The Labute approximate surface area is 156 Å². The number of aromatic nitrogens is 4. The van der Waals surface area contributed by atoms with E-state index in [9.17, 15) is 8.42 Å². The van der Waals surface area contributed by atoms with Crippen LogP contribution in [-0.2, 0) is 10.1 Å². The van der Waals surface area contributed by atoms with Gasteiger partial charge in [-0.2, -0.15) is 18.7 Å². The summed E-state index contributed by atoms with van der Waals surface area (Å²) in [5.74, 6) is 0.